The Hall–Kier alpha value is -3.75. The van der Waals surface area contributed by atoms with Crippen molar-refractivity contribution in [3.63, 3.8) is 0 Å². The Morgan fingerprint density at radius 3 is 2.58 bits per heavy atom. The van der Waals surface area contributed by atoms with Crippen LogP contribution >= 0.6 is 0 Å². The predicted molar refractivity (Wildman–Crippen MR) is 115 cm³/mol. The Bertz CT molecular complexity index is 997. The van der Waals surface area contributed by atoms with Crippen molar-refractivity contribution >= 4 is 17.7 Å². The maximum Gasteiger partial charge on any atom is 0.408 e. The van der Waals surface area contributed by atoms with Crippen LogP contribution in [-0.2, 0) is 9.47 Å². The summed E-state index contributed by atoms with van der Waals surface area (Å²) in [5, 5.41) is 13.9. The summed E-state index contributed by atoms with van der Waals surface area (Å²) in [5.74, 6) is -0.702. The van der Waals surface area contributed by atoms with Gasteiger partial charge in [-0.15, -0.1) is 6.58 Å². The zero-order valence-electron chi connectivity index (χ0n) is 17.9. The molecule has 0 aliphatic heterocycles. The second-order valence-electron chi connectivity index (χ2n) is 7.67. The van der Waals surface area contributed by atoms with E-state index in [-0.39, 0.29) is 11.3 Å². The molecule has 0 unspecified atom stereocenters. The number of hydrogen-bond donors (Lipinski definition) is 1. The number of aromatic nitrogens is 1. The smallest absolute Gasteiger partial charge is 0.408 e. The molecule has 9 heteroatoms. The third kappa shape index (κ3) is 6.36. The van der Waals surface area contributed by atoms with Crippen molar-refractivity contribution in [1.82, 2.24) is 10.3 Å². The van der Waals surface area contributed by atoms with Gasteiger partial charge in [-0.25, -0.2) is 9.59 Å². The standard InChI is InChI=1S/C22H25N3O6/c1-6-7-18(24-21(27)31-22(2,3)4)19-12-14(10-11-23-19)16-9-8-15(25(28)29)13-17(16)20(26)30-5/h6,8-13,18H,1,7H2,2-5H3,(H,24,27)/t18-/m0/s1. The highest BCUT2D eigenvalue weighted by molar-refractivity contribution is 5.98. The van der Waals surface area contributed by atoms with Gasteiger partial charge in [0.2, 0.25) is 0 Å². The van der Waals surface area contributed by atoms with E-state index in [2.05, 4.69) is 16.9 Å². The molecule has 0 bridgehead atoms. The lowest BCUT2D eigenvalue weighted by Gasteiger charge is -2.23. The van der Waals surface area contributed by atoms with Crippen LogP contribution in [0.5, 0.6) is 0 Å². The molecule has 0 saturated carbocycles. The summed E-state index contributed by atoms with van der Waals surface area (Å²) in [5.41, 5.74) is 0.698. The molecule has 1 aromatic carbocycles. The molecule has 0 aliphatic carbocycles. The number of benzene rings is 1. The first-order valence-corrected chi connectivity index (χ1v) is 9.49. The molecule has 0 radical (unpaired) electrons. The van der Waals surface area contributed by atoms with Gasteiger partial charge in [-0.1, -0.05) is 6.08 Å². The maximum absolute atomic E-state index is 12.2. The van der Waals surface area contributed by atoms with E-state index in [9.17, 15) is 19.7 Å². The number of alkyl carbamates (subject to hydrolysis) is 1. The van der Waals surface area contributed by atoms with Crippen molar-refractivity contribution in [2.75, 3.05) is 7.11 Å². The predicted octanol–water partition coefficient (Wildman–Crippen LogP) is 4.59. The van der Waals surface area contributed by atoms with Crippen molar-refractivity contribution < 1.29 is 24.0 Å². The minimum absolute atomic E-state index is 0.0502. The third-order valence-corrected chi connectivity index (χ3v) is 4.16. The van der Waals surface area contributed by atoms with Gasteiger partial charge in [0.25, 0.3) is 5.69 Å². The molecule has 0 spiro atoms. The van der Waals surface area contributed by atoms with E-state index in [4.69, 9.17) is 9.47 Å². The second-order valence-corrected chi connectivity index (χ2v) is 7.67. The molecule has 0 fully saturated rings. The third-order valence-electron chi connectivity index (χ3n) is 4.16. The minimum Gasteiger partial charge on any atom is -0.465 e. The number of methoxy groups -OCH3 is 1. The van der Waals surface area contributed by atoms with E-state index in [1.165, 1.54) is 31.5 Å². The van der Waals surface area contributed by atoms with Gasteiger partial charge in [-0.2, -0.15) is 0 Å². The van der Waals surface area contributed by atoms with Crippen molar-refractivity contribution in [2.24, 2.45) is 0 Å². The lowest BCUT2D eigenvalue weighted by Crippen LogP contribution is -2.35. The summed E-state index contributed by atoms with van der Waals surface area (Å²) in [7, 11) is 1.20. The maximum atomic E-state index is 12.2. The molecule has 164 valence electrons. The minimum atomic E-state index is -0.702. The number of rotatable bonds is 7. The number of pyridine rings is 1. The topological polar surface area (TPSA) is 121 Å². The summed E-state index contributed by atoms with van der Waals surface area (Å²) in [4.78, 5) is 39.3. The van der Waals surface area contributed by atoms with Crippen LogP contribution in [0.15, 0.2) is 49.2 Å². The summed E-state index contributed by atoms with van der Waals surface area (Å²) < 4.78 is 10.1. The van der Waals surface area contributed by atoms with E-state index in [1.807, 2.05) is 0 Å². The number of ether oxygens (including phenoxy) is 2. The van der Waals surface area contributed by atoms with E-state index in [0.717, 1.165) is 0 Å². The van der Waals surface area contributed by atoms with Crippen LogP contribution in [0, 0.1) is 10.1 Å². The van der Waals surface area contributed by atoms with E-state index < -0.39 is 28.6 Å². The van der Waals surface area contributed by atoms with Gasteiger partial charge < -0.3 is 14.8 Å². The molecule has 1 N–H and O–H groups in total. The summed E-state index contributed by atoms with van der Waals surface area (Å²) in [6, 6.07) is 6.79. The summed E-state index contributed by atoms with van der Waals surface area (Å²) >= 11 is 0. The van der Waals surface area contributed by atoms with Crippen molar-refractivity contribution in [1.29, 1.82) is 0 Å². The number of non-ortho nitro benzene ring substituents is 1. The number of nitro benzene ring substituents is 1. The van der Waals surface area contributed by atoms with Crippen molar-refractivity contribution in [3.8, 4) is 11.1 Å². The first-order valence-electron chi connectivity index (χ1n) is 9.49. The molecule has 1 amide bonds. The number of amides is 1. The normalized spacial score (nSPS) is 11.9. The van der Waals surface area contributed by atoms with Gasteiger partial charge in [0.05, 0.1) is 29.3 Å². The van der Waals surface area contributed by atoms with Crippen molar-refractivity contribution in [2.45, 2.75) is 38.8 Å². The number of nitrogens with zero attached hydrogens (tertiary/aromatic N) is 2. The Labute approximate surface area is 180 Å². The Kier molecular flexibility index (Phi) is 7.47. The Morgan fingerprint density at radius 1 is 1.29 bits per heavy atom. The molecule has 0 saturated heterocycles. The van der Waals surface area contributed by atoms with E-state index >= 15 is 0 Å². The SMILES string of the molecule is C=CC[C@H](NC(=O)OC(C)(C)C)c1cc(-c2ccc([N+](=O)[O-])cc2C(=O)OC)ccn1. The molecule has 0 aliphatic rings. The molecular formula is C22H25N3O6. The van der Waals surface area contributed by atoms with Crippen molar-refractivity contribution in [3.05, 3.63) is 70.6 Å². The fourth-order valence-corrected chi connectivity index (χ4v) is 2.85. The van der Waals surface area contributed by atoms with Crippen LogP contribution in [-0.4, -0.2) is 34.7 Å². The molecule has 2 aromatic rings. The van der Waals surface area contributed by atoms with Crippen LogP contribution in [0.2, 0.25) is 0 Å². The van der Waals surface area contributed by atoms with Crippen LogP contribution in [0.25, 0.3) is 11.1 Å². The fraction of sp³-hybridized carbons (Fsp3) is 0.318. The number of esters is 1. The molecule has 1 heterocycles. The quantitative estimate of drug-likeness (QED) is 0.297. The zero-order valence-corrected chi connectivity index (χ0v) is 17.9. The number of hydrogen-bond acceptors (Lipinski definition) is 7. The molecule has 31 heavy (non-hydrogen) atoms. The first kappa shape index (κ1) is 23.5. The van der Waals surface area contributed by atoms with Crippen LogP contribution in [0.3, 0.4) is 0 Å². The van der Waals surface area contributed by atoms with E-state index in [0.29, 0.717) is 23.2 Å². The van der Waals surface area contributed by atoms with Gasteiger partial charge in [0.15, 0.2) is 0 Å². The Balaban J connectivity index is 2.45. The zero-order chi connectivity index (χ0) is 23.2. The summed E-state index contributed by atoms with van der Waals surface area (Å²) in [6.45, 7) is 9.00. The number of carbonyl (C=O) groups excluding carboxylic acids is 2. The fourth-order valence-electron chi connectivity index (χ4n) is 2.85. The van der Waals surface area contributed by atoms with Crippen LogP contribution in [0.1, 0.15) is 49.3 Å². The molecule has 2 rings (SSSR count). The number of nitrogens with one attached hydrogen (secondary N) is 1. The van der Waals surface area contributed by atoms with Crippen LogP contribution < -0.4 is 5.32 Å². The monoisotopic (exact) mass is 427 g/mol. The molecule has 1 aromatic heterocycles. The van der Waals surface area contributed by atoms with Gasteiger partial charge in [0, 0.05) is 18.3 Å². The first-order chi connectivity index (χ1) is 14.6. The highest BCUT2D eigenvalue weighted by atomic mass is 16.6. The number of nitro groups is 1. The Morgan fingerprint density at radius 2 is 2.00 bits per heavy atom. The summed E-state index contributed by atoms with van der Waals surface area (Å²) in [6.07, 6.45) is 2.96. The van der Waals surface area contributed by atoms with Gasteiger partial charge in [-0.3, -0.25) is 15.1 Å². The highest BCUT2D eigenvalue weighted by Gasteiger charge is 2.22. The lowest BCUT2D eigenvalue weighted by atomic mass is 9.97. The highest BCUT2D eigenvalue weighted by Crippen LogP contribution is 2.30. The molecular weight excluding hydrogens is 402 g/mol. The average molecular weight is 427 g/mol. The second kappa shape index (κ2) is 9.84. The van der Waals surface area contributed by atoms with Gasteiger partial charge in [0.1, 0.15) is 5.60 Å². The molecule has 9 nitrogen and oxygen atoms in total. The van der Waals surface area contributed by atoms with Crippen LogP contribution in [0.4, 0.5) is 10.5 Å². The largest absolute Gasteiger partial charge is 0.465 e. The average Bonchev–Trinajstić information content (AvgIpc) is 2.71. The lowest BCUT2D eigenvalue weighted by molar-refractivity contribution is -0.384. The van der Waals surface area contributed by atoms with Gasteiger partial charge >= 0.3 is 12.1 Å². The number of carbonyl (C=O) groups is 2. The molecule has 1 atom stereocenters. The van der Waals surface area contributed by atoms with E-state index in [1.54, 1.807) is 39.0 Å². The van der Waals surface area contributed by atoms with Gasteiger partial charge in [-0.05, 0) is 56.5 Å².